The number of nitrogens with zero attached hydrogens (tertiary/aromatic N) is 2. The number of carbonyl (C=O) groups excluding carboxylic acids is 1. The number of nitrogens with one attached hydrogen (secondary N) is 1. The first kappa shape index (κ1) is 16.2. The summed E-state index contributed by atoms with van der Waals surface area (Å²) >= 11 is 0. The van der Waals surface area contributed by atoms with E-state index in [0.29, 0.717) is 24.7 Å². The third kappa shape index (κ3) is 3.45. The van der Waals surface area contributed by atoms with Gasteiger partial charge in [0, 0.05) is 17.7 Å². The Morgan fingerprint density at radius 3 is 2.83 bits per heavy atom. The maximum absolute atomic E-state index is 12.6. The highest BCUT2D eigenvalue weighted by Gasteiger charge is 2.32. The standard InChI is InChI=1S/C17H21N3O4/c1-11-7-15(19-24-11)18-16(21)20-9-12-5-6-13(22-4)8-14(12)23-17(2,3)10-20/h5-8H,9-10H2,1-4H3,(H,18,19,21). The smallest absolute Gasteiger partial charge is 0.323 e. The second-order valence-electron chi connectivity index (χ2n) is 6.44. The second-order valence-corrected chi connectivity index (χ2v) is 6.44. The van der Waals surface area contributed by atoms with Crippen molar-refractivity contribution >= 4 is 11.8 Å². The van der Waals surface area contributed by atoms with Gasteiger partial charge in [-0.1, -0.05) is 5.16 Å². The lowest BCUT2D eigenvalue weighted by Crippen LogP contribution is -2.44. The summed E-state index contributed by atoms with van der Waals surface area (Å²) in [6.45, 7) is 6.54. The van der Waals surface area contributed by atoms with Crippen LogP contribution in [-0.4, -0.2) is 35.3 Å². The summed E-state index contributed by atoms with van der Waals surface area (Å²) in [7, 11) is 1.61. The number of benzene rings is 1. The van der Waals surface area contributed by atoms with Crippen molar-refractivity contribution in [3.63, 3.8) is 0 Å². The number of aromatic nitrogens is 1. The van der Waals surface area contributed by atoms with E-state index in [4.69, 9.17) is 14.0 Å². The van der Waals surface area contributed by atoms with Crippen molar-refractivity contribution < 1.29 is 18.8 Å². The first-order valence-corrected chi connectivity index (χ1v) is 7.71. The quantitative estimate of drug-likeness (QED) is 0.914. The van der Waals surface area contributed by atoms with Gasteiger partial charge < -0.3 is 18.9 Å². The first-order chi connectivity index (χ1) is 11.4. The van der Waals surface area contributed by atoms with Gasteiger partial charge in [0.25, 0.3) is 0 Å². The number of hydrogen-bond acceptors (Lipinski definition) is 5. The van der Waals surface area contributed by atoms with E-state index in [1.165, 1.54) is 0 Å². The van der Waals surface area contributed by atoms with Crippen LogP contribution in [0.25, 0.3) is 0 Å². The van der Waals surface area contributed by atoms with Crippen LogP contribution in [0.5, 0.6) is 11.5 Å². The zero-order valence-corrected chi connectivity index (χ0v) is 14.3. The molecule has 0 unspecified atom stereocenters. The minimum atomic E-state index is -0.533. The number of hydrogen-bond donors (Lipinski definition) is 1. The Labute approximate surface area is 140 Å². The Bertz CT molecular complexity index is 754. The summed E-state index contributed by atoms with van der Waals surface area (Å²) in [5.41, 5.74) is 0.391. The Hall–Kier alpha value is -2.70. The molecule has 24 heavy (non-hydrogen) atoms. The number of ether oxygens (including phenoxy) is 2. The third-order valence-corrected chi connectivity index (χ3v) is 3.74. The van der Waals surface area contributed by atoms with Gasteiger partial charge in [-0.15, -0.1) is 0 Å². The largest absolute Gasteiger partial charge is 0.497 e. The van der Waals surface area contributed by atoms with Gasteiger partial charge in [-0.25, -0.2) is 4.79 Å². The molecule has 0 fully saturated rings. The molecule has 0 atom stereocenters. The molecule has 0 spiro atoms. The molecule has 7 nitrogen and oxygen atoms in total. The van der Waals surface area contributed by atoms with Crippen molar-refractivity contribution in [2.75, 3.05) is 19.0 Å². The monoisotopic (exact) mass is 331 g/mol. The summed E-state index contributed by atoms with van der Waals surface area (Å²) in [6.07, 6.45) is 0. The van der Waals surface area contributed by atoms with E-state index in [0.717, 1.165) is 17.1 Å². The fourth-order valence-corrected chi connectivity index (χ4v) is 2.70. The van der Waals surface area contributed by atoms with Crippen LogP contribution in [0, 0.1) is 6.92 Å². The van der Waals surface area contributed by atoms with Crippen LogP contribution >= 0.6 is 0 Å². The molecule has 0 radical (unpaired) electrons. The maximum Gasteiger partial charge on any atom is 0.323 e. The summed E-state index contributed by atoms with van der Waals surface area (Å²) < 4.78 is 16.3. The lowest BCUT2D eigenvalue weighted by Gasteiger charge is -2.29. The van der Waals surface area contributed by atoms with Crippen molar-refractivity contribution in [1.29, 1.82) is 0 Å². The maximum atomic E-state index is 12.6. The highest BCUT2D eigenvalue weighted by atomic mass is 16.5. The van der Waals surface area contributed by atoms with E-state index < -0.39 is 5.60 Å². The molecule has 2 heterocycles. The number of carbonyl (C=O) groups is 1. The average molecular weight is 331 g/mol. The second kappa shape index (κ2) is 6.07. The zero-order valence-electron chi connectivity index (χ0n) is 14.3. The Balaban J connectivity index is 1.84. The van der Waals surface area contributed by atoms with Crippen molar-refractivity contribution in [2.24, 2.45) is 0 Å². The van der Waals surface area contributed by atoms with Gasteiger partial charge in [0.2, 0.25) is 0 Å². The fourth-order valence-electron chi connectivity index (χ4n) is 2.70. The normalized spacial score (nSPS) is 15.9. The predicted octanol–water partition coefficient (Wildman–Crippen LogP) is 3.20. The molecule has 0 saturated heterocycles. The molecule has 3 rings (SSSR count). The molecule has 7 heteroatoms. The van der Waals surface area contributed by atoms with Crippen LogP contribution in [0.2, 0.25) is 0 Å². The van der Waals surface area contributed by atoms with E-state index in [1.54, 1.807) is 25.0 Å². The highest BCUT2D eigenvalue weighted by Crippen LogP contribution is 2.32. The molecule has 0 bridgehead atoms. The summed E-state index contributed by atoms with van der Waals surface area (Å²) in [5.74, 6) is 2.49. The molecular formula is C17H21N3O4. The van der Waals surface area contributed by atoms with Crippen LogP contribution in [-0.2, 0) is 6.54 Å². The van der Waals surface area contributed by atoms with E-state index in [-0.39, 0.29) is 6.03 Å². The Morgan fingerprint density at radius 2 is 2.17 bits per heavy atom. The van der Waals surface area contributed by atoms with Crippen molar-refractivity contribution in [1.82, 2.24) is 10.1 Å². The molecule has 1 N–H and O–H groups in total. The molecule has 128 valence electrons. The summed E-state index contributed by atoms with van der Waals surface area (Å²) in [6, 6.07) is 7.05. The molecule has 1 aliphatic heterocycles. The highest BCUT2D eigenvalue weighted by molar-refractivity contribution is 5.88. The average Bonchev–Trinajstić information content (AvgIpc) is 2.85. The molecule has 2 amide bonds. The van der Waals surface area contributed by atoms with Gasteiger partial charge in [-0.05, 0) is 32.9 Å². The van der Waals surface area contributed by atoms with Gasteiger partial charge in [-0.3, -0.25) is 5.32 Å². The molecular weight excluding hydrogens is 310 g/mol. The lowest BCUT2D eigenvalue weighted by atomic mass is 10.1. The number of rotatable bonds is 2. The van der Waals surface area contributed by atoms with Gasteiger partial charge in [0.15, 0.2) is 5.82 Å². The molecule has 1 aromatic carbocycles. The van der Waals surface area contributed by atoms with Gasteiger partial charge in [0.1, 0.15) is 22.9 Å². The number of urea groups is 1. The molecule has 0 saturated carbocycles. The van der Waals surface area contributed by atoms with E-state index in [2.05, 4.69) is 10.5 Å². The topological polar surface area (TPSA) is 76.8 Å². The molecule has 1 aliphatic rings. The van der Waals surface area contributed by atoms with Crippen molar-refractivity contribution in [3.8, 4) is 11.5 Å². The van der Waals surface area contributed by atoms with Crippen molar-refractivity contribution in [2.45, 2.75) is 32.9 Å². The molecule has 0 aliphatic carbocycles. The Morgan fingerprint density at radius 1 is 1.38 bits per heavy atom. The first-order valence-electron chi connectivity index (χ1n) is 7.71. The van der Waals surface area contributed by atoms with Crippen LogP contribution < -0.4 is 14.8 Å². The predicted molar refractivity (Wildman–Crippen MR) is 88.4 cm³/mol. The lowest BCUT2D eigenvalue weighted by molar-refractivity contribution is 0.0832. The van der Waals surface area contributed by atoms with Gasteiger partial charge in [-0.2, -0.15) is 0 Å². The van der Waals surface area contributed by atoms with Gasteiger partial charge in [0.05, 0.1) is 20.2 Å². The van der Waals surface area contributed by atoms with Crippen LogP contribution in [0.3, 0.4) is 0 Å². The van der Waals surface area contributed by atoms with Crippen LogP contribution in [0.15, 0.2) is 28.8 Å². The van der Waals surface area contributed by atoms with Crippen LogP contribution in [0.1, 0.15) is 25.2 Å². The third-order valence-electron chi connectivity index (χ3n) is 3.74. The van der Waals surface area contributed by atoms with E-state index in [9.17, 15) is 4.79 Å². The number of fused-ring (bicyclic) bond motifs is 1. The van der Waals surface area contributed by atoms with E-state index in [1.807, 2.05) is 32.0 Å². The van der Waals surface area contributed by atoms with Crippen molar-refractivity contribution in [3.05, 3.63) is 35.6 Å². The van der Waals surface area contributed by atoms with E-state index >= 15 is 0 Å². The number of anilines is 1. The number of aryl methyl sites for hydroxylation is 1. The summed E-state index contributed by atoms with van der Waals surface area (Å²) in [4.78, 5) is 14.3. The minimum Gasteiger partial charge on any atom is -0.497 e. The Kier molecular flexibility index (Phi) is 4.09. The van der Waals surface area contributed by atoms with Gasteiger partial charge >= 0.3 is 6.03 Å². The molecule has 1 aromatic heterocycles. The fraction of sp³-hybridized carbons (Fsp3) is 0.412. The number of methoxy groups -OCH3 is 1. The summed E-state index contributed by atoms with van der Waals surface area (Å²) in [5, 5.41) is 6.55. The molecule has 2 aromatic rings. The zero-order chi connectivity index (χ0) is 17.3. The minimum absolute atomic E-state index is 0.247. The van der Waals surface area contributed by atoms with Crippen LogP contribution in [0.4, 0.5) is 10.6 Å². The SMILES string of the molecule is COc1ccc2c(c1)OC(C)(C)CN(C(=O)Nc1cc(C)on1)C2. The number of amides is 2.